The first-order chi connectivity index (χ1) is 10.0. The molecule has 1 aromatic heterocycles. The molecule has 7 heteroatoms. The van der Waals surface area contributed by atoms with Gasteiger partial charge in [0.15, 0.2) is 0 Å². The standard InChI is InChI=1S/C14H22N4O3/c1-3-10-4-7-18(11(8-10)13(19)20)14(21)17-9(2)12-15-5-6-16-12/h5-6,9-11H,3-4,7-8H2,1-2H3,(H,15,16)(H,17,21)(H,19,20). The van der Waals surface area contributed by atoms with E-state index >= 15 is 0 Å². The van der Waals surface area contributed by atoms with Crippen molar-refractivity contribution in [3.05, 3.63) is 18.2 Å². The second-order valence-electron chi connectivity index (χ2n) is 5.49. The van der Waals surface area contributed by atoms with Crippen molar-refractivity contribution in [2.45, 2.75) is 45.2 Å². The minimum absolute atomic E-state index is 0.286. The number of imidazole rings is 1. The van der Waals surface area contributed by atoms with Crippen molar-refractivity contribution in [3.8, 4) is 0 Å². The summed E-state index contributed by atoms with van der Waals surface area (Å²) in [5.41, 5.74) is 0. The molecule has 1 saturated heterocycles. The minimum atomic E-state index is -0.936. The van der Waals surface area contributed by atoms with Crippen molar-refractivity contribution in [1.82, 2.24) is 20.2 Å². The number of hydrogen-bond acceptors (Lipinski definition) is 3. The number of carboxylic acids is 1. The van der Waals surface area contributed by atoms with Gasteiger partial charge in [-0.1, -0.05) is 13.3 Å². The van der Waals surface area contributed by atoms with Crippen LogP contribution in [0.3, 0.4) is 0 Å². The Hall–Kier alpha value is -2.05. The number of rotatable bonds is 4. The highest BCUT2D eigenvalue weighted by atomic mass is 16.4. The highest BCUT2D eigenvalue weighted by Gasteiger charge is 2.36. The molecule has 2 amide bonds. The molecular formula is C14H22N4O3. The van der Waals surface area contributed by atoms with Gasteiger partial charge in [0.1, 0.15) is 11.9 Å². The predicted octanol–water partition coefficient (Wildman–Crippen LogP) is 1.76. The number of nitrogens with one attached hydrogen (secondary N) is 2. The first kappa shape index (κ1) is 15.3. The molecule has 0 aromatic carbocycles. The number of aliphatic carboxylic acids is 1. The molecule has 1 aliphatic heterocycles. The van der Waals surface area contributed by atoms with Gasteiger partial charge >= 0.3 is 12.0 Å². The maximum Gasteiger partial charge on any atom is 0.326 e. The highest BCUT2D eigenvalue weighted by Crippen LogP contribution is 2.26. The van der Waals surface area contributed by atoms with Crippen molar-refractivity contribution in [1.29, 1.82) is 0 Å². The summed E-state index contributed by atoms with van der Waals surface area (Å²) >= 11 is 0. The van der Waals surface area contributed by atoms with E-state index in [1.165, 1.54) is 4.90 Å². The molecule has 3 N–H and O–H groups in total. The fourth-order valence-corrected chi connectivity index (χ4v) is 2.74. The minimum Gasteiger partial charge on any atom is -0.480 e. The molecule has 21 heavy (non-hydrogen) atoms. The third-order valence-electron chi connectivity index (χ3n) is 4.10. The van der Waals surface area contributed by atoms with E-state index in [0.717, 1.165) is 12.8 Å². The summed E-state index contributed by atoms with van der Waals surface area (Å²) in [6, 6.07) is -1.38. The van der Waals surface area contributed by atoms with E-state index in [1.54, 1.807) is 12.4 Å². The molecule has 3 unspecified atom stereocenters. The third-order valence-corrected chi connectivity index (χ3v) is 4.10. The molecule has 2 heterocycles. The molecule has 0 aliphatic carbocycles. The average molecular weight is 294 g/mol. The number of aromatic nitrogens is 2. The van der Waals surface area contributed by atoms with Crippen LogP contribution in [0, 0.1) is 5.92 Å². The van der Waals surface area contributed by atoms with Gasteiger partial charge in [-0.05, 0) is 25.7 Å². The Morgan fingerprint density at radius 1 is 1.62 bits per heavy atom. The van der Waals surface area contributed by atoms with Gasteiger partial charge in [0.25, 0.3) is 0 Å². The van der Waals surface area contributed by atoms with Gasteiger partial charge in [-0.15, -0.1) is 0 Å². The second kappa shape index (κ2) is 6.60. The number of carbonyl (C=O) groups is 2. The summed E-state index contributed by atoms with van der Waals surface area (Å²) in [7, 11) is 0. The van der Waals surface area contributed by atoms with Crippen LogP contribution in [0.15, 0.2) is 12.4 Å². The zero-order valence-electron chi connectivity index (χ0n) is 12.4. The number of piperidine rings is 1. The zero-order valence-corrected chi connectivity index (χ0v) is 12.4. The van der Waals surface area contributed by atoms with Crippen LogP contribution < -0.4 is 5.32 Å². The Bertz CT molecular complexity index is 488. The van der Waals surface area contributed by atoms with Crippen molar-refractivity contribution < 1.29 is 14.7 Å². The molecule has 0 saturated carbocycles. The summed E-state index contributed by atoms with van der Waals surface area (Å²) in [5, 5.41) is 12.1. The number of urea groups is 1. The first-order valence-corrected chi connectivity index (χ1v) is 7.32. The van der Waals surface area contributed by atoms with Crippen LogP contribution >= 0.6 is 0 Å². The van der Waals surface area contributed by atoms with E-state index in [9.17, 15) is 14.7 Å². The predicted molar refractivity (Wildman–Crippen MR) is 76.7 cm³/mol. The van der Waals surface area contributed by atoms with Crippen LogP contribution in [0.2, 0.25) is 0 Å². The van der Waals surface area contributed by atoms with E-state index in [-0.39, 0.29) is 12.1 Å². The van der Waals surface area contributed by atoms with E-state index in [4.69, 9.17) is 0 Å². The smallest absolute Gasteiger partial charge is 0.326 e. The van der Waals surface area contributed by atoms with Gasteiger partial charge in [-0.25, -0.2) is 14.6 Å². The van der Waals surface area contributed by atoms with Crippen molar-refractivity contribution in [3.63, 3.8) is 0 Å². The van der Waals surface area contributed by atoms with Crippen LogP contribution in [0.25, 0.3) is 0 Å². The van der Waals surface area contributed by atoms with Gasteiger partial charge in [0, 0.05) is 18.9 Å². The Kier molecular flexibility index (Phi) is 4.82. The van der Waals surface area contributed by atoms with Crippen molar-refractivity contribution in [2.24, 2.45) is 5.92 Å². The molecular weight excluding hydrogens is 272 g/mol. The quantitative estimate of drug-likeness (QED) is 0.788. The van der Waals surface area contributed by atoms with Gasteiger partial charge in [0.05, 0.1) is 6.04 Å². The number of likely N-dealkylation sites (tertiary alicyclic amines) is 1. The highest BCUT2D eigenvalue weighted by molar-refractivity contribution is 5.83. The van der Waals surface area contributed by atoms with Crippen molar-refractivity contribution >= 4 is 12.0 Å². The van der Waals surface area contributed by atoms with Gasteiger partial charge < -0.3 is 20.3 Å². The summed E-state index contributed by atoms with van der Waals surface area (Å²) in [5.74, 6) is 0.0882. The number of aromatic amines is 1. The lowest BCUT2D eigenvalue weighted by atomic mass is 9.89. The van der Waals surface area contributed by atoms with Crippen LogP contribution in [0.5, 0.6) is 0 Å². The van der Waals surface area contributed by atoms with Gasteiger partial charge in [0.2, 0.25) is 0 Å². The number of hydrogen-bond donors (Lipinski definition) is 3. The van der Waals surface area contributed by atoms with E-state index in [0.29, 0.717) is 24.7 Å². The molecule has 2 rings (SSSR count). The topological polar surface area (TPSA) is 98.3 Å². The Labute approximate surface area is 123 Å². The number of carbonyl (C=O) groups excluding carboxylic acids is 1. The van der Waals surface area contributed by atoms with Gasteiger partial charge in [-0.2, -0.15) is 0 Å². The maximum atomic E-state index is 12.3. The number of H-pyrrole nitrogens is 1. The number of nitrogens with zero attached hydrogens (tertiary/aromatic N) is 2. The normalized spacial score (nSPS) is 23.6. The van der Waals surface area contributed by atoms with E-state index < -0.39 is 12.0 Å². The number of amides is 2. The molecule has 0 radical (unpaired) electrons. The lowest BCUT2D eigenvalue weighted by molar-refractivity contribution is -0.144. The summed E-state index contributed by atoms with van der Waals surface area (Å²) in [4.78, 5) is 32.2. The largest absolute Gasteiger partial charge is 0.480 e. The lowest BCUT2D eigenvalue weighted by Crippen LogP contribution is -2.53. The summed E-state index contributed by atoms with van der Waals surface area (Å²) < 4.78 is 0. The molecule has 1 aromatic rings. The molecule has 3 atom stereocenters. The van der Waals surface area contributed by atoms with Crippen LogP contribution in [0.4, 0.5) is 4.79 Å². The Morgan fingerprint density at radius 2 is 2.38 bits per heavy atom. The number of carboxylic acid groups (broad SMARTS) is 1. The fourth-order valence-electron chi connectivity index (χ4n) is 2.74. The third kappa shape index (κ3) is 3.53. The molecule has 1 fully saturated rings. The summed E-state index contributed by atoms with van der Waals surface area (Å²) in [6.07, 6.45) is 5.62. The molecule has 0 bridgehead atoms. The van der Waals surface area contributed by atoms with Crippen LogP contribution in [-0.2, 0) is 4.79 Å². The Balaban J connectivity index is 2.01. The van der Waals surface area contributed by atoms with Crippen molar-refractivity contribution in [2.75, 3.05) is 6.54 Å². The Morgan fingerprint density at radius 3 is 2.95 bits per heavy atom. The maximum absolute atomic E-state index is 12.3. The van der Waals surface area contributed by atoms with Gasteiger partial charge in [-0.3, -0.25) is 0 Å². The lowest BCUT2D eigenvalue weighted by Gasteiger charge is -2.37. The monoisotopic (exact) mass is 294 g/mol. The van der Waals surface area contributed by atoms with E-state index in [1.807, 2.05) is 6.92 Å². The van der Waals surface area contributed by atoms with Crippen LogP contribution in [0.1, 0.15) is 45.0 Å². The van der Waals surface area contributed by atoms with E-state index in [2.05, 4.69) is 22.2 Å². The fraction of sp³-hybridized carbons (Fsp3) is 0.643. The summed E-state index contributed by atoms with van der Waals surface area (Å²) in [6.45, 7) is 4.34. The molecule has 116 valence electrons. The molecule has 1 aliphatic rings. The first-order valence-electron chi connectivity index (χ1n) is 7.32. The average Bonchev–Trinajstić information content (AvgIpc) is 3.00. The zero-order chi connectivity index (χ0) is 15.4. The van der Waals surface area contributed by atoms with Crippen LogP contribution in [-0.4, -0.2) is 44.6 Å². The molecule has 0 spiro atoms. The second-order valence-corrected chi connectivity index (χ2v) is 5.49. The molecule has 7 nitrogen and oxygen atoms in total. The SMILES string of the molecule is CCC1CCN(C(=O)NC(C)c2ncc[nH]2)C(C(=O)O)C1.